The molecule has 0 radical (unpaired) electrons. The molecule has 56 valence electrons. The van der Waals surface area contributed by atoms with Crippen LogP contribution in [-0.4, -0.2) is 15.2 Å². The summed E-state index contributed by atoms with van der Waals surface area (Å²) in [6.07, 6.45) is 5.47. The van der Waals surface area contributed by atoms with Crippen LogP contribution in [0.2, 0.25) is 0 Å². The van der Waals surface area contributed by atoms with E-state index in [1.165, 1.54) is 25.7 Å². The molecule has 10 heavy (non-hydrogen) atoms. The minimum Gasteiger partial charge on any atom is -0.267 e. The Morgan fingerprint density at radius 2 is 2.20 bits per heavy atom. The Morgan fingerprint density at radius 3 is 3.00 bits per heavy atom. The van der Waals surface area contributed by atoms with Gasteiger partial charge in [0.05, 0.1) is 6.04 Å². The molecule has 0 N–H and O–H groups in total. The Balaban J connectivity index is 2.06. The first-order chi connectivity index (χ1) is 4.86. The fraction of sp³-hybridized carbons (Fsp3) is 0.857. The molecule has 1 fully saturated rings. The summed E-state index contributed by atoms with van der Waals surface area (Å²) in [5.74, 6) is 0. The number of fused-ring (bicyclic) bond motifs is 1. The lowest BCUT2D eigenvalue weighted by Gasteiger charge is -2.21. The highest BCUT2D eigenvalue weighted by atomic mass is 79.9. The molecule has 0 aromatic carbocycles. The first-order valence-electron chi connectivity index (χ1n) is 3.76. The minimum atomic E-state index is 0.646. The second-order valence-electron chi connectivity index (χ2n) is 2.89. The van der Waals surface area contributed by atoms with E-state index in [4.69, 9.17) is 0 Å². The molecule has 1 saturated carbocycles. The van der Waals surface area contributed by atoms with Crippen molar-refractivity contribution in [2.24, 2.45) is 4.99 Å². The van der Waals surface area contributed by atoms with E-state index in [1.54, 1.807) is 0 Å². The Kier molecular flexibility index (Phi) is 2.05. The summed E-state index contributed by atoms with van der Waals surface area (Å²) in [5, 5.41) is 0.808. The number of aliphatic imine (C=N–C) groups is 1. The Morgan fingerprint density at radius 1 is 1.40 bits per heavy atom. The highest BCUT2D eigenvalue weighted by molar-refractivity contribution is 9.22. The first kappa shape index (κ1) is 7.17. The average molecular weight is 220 g/mol. The third-order valence-corrected chi connectivity index (χ3v) is 4.10. The minimum absolute atomic E-state index is 0.646. The summed E-state index contributed by atoms with van der Waals surface area (Å²) in [6, 6.07) is 0.646. The summed E-state index contributed by atoms with van der Waals surface area (Å²) in [5.41, 5.74) is 0. The fourth-order valence-corrected chi connectivity index (χ4v) is 3.72. The molecular formula is C7H10BrNS. The largest absolute Gasteiger partial charge is 0.267 e. The molecule has 2 aliphatic rings. The van der Waals surface area contributed by atoms with Crippen LogP contribution >= 0.6 is 27.7 Å². The molecular weight excluding hydrogens is 210 g/mol. The van der Waals surface area contributed by atoms with Crippen molar-refractivity contribution in [2.75, 3.05) is 0 Å². The maximum absolute atomic E-state index is 4.51. The molecule has 2 rings (SSSR count). The standard InChI is InChI=1S/C7H10BrNS/c8-7-9-5-3-1-2-4-6(5)10-7/h5-6H,1-4H2. The topological polar surface area (TPSA) is 12.4 Å². The Labute approximate surface area is 73.8 Å². The molecule has 1 nitrogen and oxygen atoms in total. The molecule has 0 aromatic rings. The van der Waals surface area contributed by atoms with Crippen LogP contribution in [0.1, 0.15) is 25.7 Å². The van der Waals surface area contributed by atoms with Crippen LogP contribution in [0.5, 0.6) is 0 Å². The summed E-state index contributed by atoms with van der Waals surface area (Å²) in [4.78, 5) is 4.51. The van der Waals surface area contributed by atoms with Gasteiger partial charge in [-0.3, -0.25) is 4.99 Å². The van der Waals surface area contributed by atoms with E-state index < -0.39 is 0 Å². The number of halogens is 1. The quantitative estimate of drug-likeness (QED) is 0.611. The lowest BCUT2D eigenvalue weighted by atomic mass is 9.96. The zero-order valence-corrected chi connectivity index (χ0v) is 8.12. The van der Waals surface area contributed by atoms with Crippen LogP contribution in [0.3, 0.4) is 0 Å². The molecule has 0 spiro atoms. The lowest BCUT2D eigenvalue weighted by molar-refractivity contribution is 0.462. The van der Waals surface area contributed by atoms with Gasteiger partial charge in [-0.25, -0.2) is 0 Å². The third kappa shape index (κ3) is 1.26. The van der Waals surface area contributed by atoms with Gasteiger partial charge in [-0.05, 0) is 28.8 Å². The van der Waals surface area contributed by atoms with Gasteiger partial charge in [0.1, 0.15) is 3.95 Å². The van der Waals surface area contributed by atoms with Gasteiger partial charge in [0.2, 0.25) is 0 Å². The number of hydrogen-bond acceptors (Lipinski definition) is 2. The molecule has 2 atom stereocenters. The van der Waals surface area contributed by atoms with Crippen LogP contribution < -0.4 is 0 Å². The van der Waals surface area contributed by atoms with Gasteiger partial charge in [-0.15, -0.1) is 0 Å². The van der Waals surface area contributed by atoms with Gasteiger partial charge < -0.3 is 0 Å². The third-order valence-electron chi connectivity index (χ3n) is 2.18. The van der Waals surface area contributed by atoms with Gasteiger partial charge in [0.15, 0.2) is 0 Å². The van der Waals surface area contributed by atoms with Crippen molar-refractivity contribution in [1.82, 2.24) is 0 Å². The van der Waals surface area contributed by atoms with Crippen molar-refractivity contribution >= 4 is 31.6 Å². The molecule has 1 heterocycles. The second-order valence-corrected chi connectivity index (χ2v) is 5.39. The van der Waals surface area contributed by atoms with E-state index >= 15 is 0 Å². The summed E-state index contributed by atoms with van der Waals surface area (Å²) >= 11 is 5.36. The van der Waals surface area contributed by atoms with Crippen LogP contribution in [0.15, 0.2) is 4.99 Å². The highest BCUT2D eigenvalue weighted by Crippen LogP contribution is 2.38. The van der Waals surface area contributed by atoms with Crippen molar-refractivity contribution in [3.63, 3.8) is 0 Å². The smallest absolute Gasteiger partial charge is 0.134 e. The van der Waals surface area contributed by atoms with E-state index in [1.807, 2.05) is 11.8 Å². The van der Waals surface area contributed by atoms with Crippen molar-refractivity contribution in [1.29, 1.82) is 0 Å². The number of rotatable bonds is 0. The molecule has 0 aromatic heterocycles. The molecule has 1 aliphatic heterocycles. The van der Waals surface area contributed by atoms with Gasteiger partial charge >= 0.3 is 0 Å². The Bertz CT molecular complexity index is 169. The Hall–Kier alpha value is 0.500. The predicted molar refractivity (Wildman–Crippen MR) is 50.0 cm³/mol. The molecule has 0 saturated heterocycles. The van der Waals surface area contributed by atoms with E-state index in [2.05, 4.69) is 20.9 Å². The van der Waals surface area contributed by atoms with E-state index in [0.717, 1.165) is 9.20 Å². The van der Waals surface area contributed by atoms with Crippen LogP contribution in [0, 0.1) is 0 Å². The van der Waals surface area contributed by atoms with Gasteiger partial charge in [0, 0.05) is 5.25 Å². The zero-order valence-electron chi connectivity index (χ0n) is 5.72. The predicted octanol–water partition coefficient (Wildman–Crippen LogP) is 2.80. The van der Waals surface area contributed by atoms with Gasteiger partial charge in [-0.1, -0.05) is 24.6 Å². The molecule has 1 aliphatic carbocycles. The summed E-state index contributed by atoms with van der Waals surface area (Å²) in [6.45, 7) is 0. The maximum Gasteiger partial charge on any atom is 0.134 e. The average Bonchev–Trinajstić information content (AvgIpc) is 2.27. The highest BCUT2D eigenvalue weighted by Gasteiger charge is 2.30. The van der Waals surface area contributed by atoms with Crippen molar-refractivity contribution < 1.29 is 0 Å². The number of hydrogen-bond donors (Lipinski definition) is 0. The molecule has 0 amide bonds. The van der Waals surface area contributed by atoms with E-state index in [9.17, 15) is 0 Å². The fourth-order valence-electron chi connectivity index (χ4n) is 1.65. The summed E-state index contributed by atoms with van der Waals surface area (Å²) < 4.78 is 1.13. The lowest BCUT2D eigenvalue weighted by Crippen LogP contribution is -2.21. The van der Waals surface area contributed by atoms with Gasteiger partial charge in [-0.2, -0.15) is 0 Å². The molecule has 2 unspecified atom stereocenters. The van der Waals surface area contributed by atoms with Crippen LogP contribution in [0.4, 0.5) is 0 Å². The van der Waals surface area contributed by atoms with Crippen LogP contribution in [0.25, 0.3) is 0 Å². The molecule has 3 heteroatoms. The zero-order chi connectivity index (χ0) is 6.97. The van der Waals surface area contributed by atoms with Crippen molar-refractivity contribution in [2.45, 2.75) is 37.0 Å². The van der Waals surface area contributed by atoms with E-state index in [-0.39, 0.29) is 0 Å². The second kappa shape index (κ2) is 2.86. The van der Waals surface area contributed by atoms with Crippen molar-refractivity contribution in [3.05, 3.63) is 0 Å². The number of nitrogens with zero attached hydrogens (tertiary/aromatic N) is 1. The molecule has 0 bridgehead atoms. The van der Waals surface area contributed by atoms with Gasteiger partial charge in [0.25, 0.3) is 0 Å². The normalized spacial score (nSPS) is 39.1. The first-order valence-corrected chi connectivity index (χ1v) is 5.43. The van der Waals surface area contributed by atoms with Crippen LogP contribution in [-0.2, 0) is 0 Å². The summed E-state index contributed by atoms with van der Waals surface area (Å²) in [7, 11) is 0. The number of thioether (sulfide) groups is 1. The SMILES string of the molecule is BrC1=NC2CCCCC2S1. The monoisotopic (exact) mass is 219 g/mol. The van der Waals surface area contributed by atoms with E-state index in [0.29, 0.717) is 6.04 Å². The van der Waals surface area contributed by atoms with Crippen molar-refractivity contribution in [3.8, 4) is 0 Å². The maximum atomic E-state index is 4.51.